The van der Waals surface area contributed by atoms with Crippen LogP contribution < -0.4 is 5.32 Å². The number of nitrogens with zero attached hydrogens (tertiary/aromatic N) is 4. The molecule has 0 saturated heterocycles. The number of aryl methyl sites for hydroxylation is 4. The van der Waals surface area contributed by atoms with Crippen LogP contribution in [0.15, 0.2) is 46.1 Å². The van der Waals surface area contributed by atoms with Gasteiger partial charge in [0, 0.05) is 24.1 Å². The van der Waals surface area contributed by atoms with Crippen molar-refractivity contribution in [2.45, 2.75) is 44.5 Å². The molecule has 0 fully saturated rings. The van der Waals surface area contributed by atoms with E-state index < -0.39 is 0 Å². The van der Waals surface area contributed by atoms with Gasteiger partial charge >= 0.3 is 0 Å². The maximum absolute atomic E-state index is 12.4. The summed E-state index contributed by atoms with van der Waals surface area (Å²) in [6.45, 7) is 6.02. The Labute approximate surface area is 200 Å². The largest absolute Gasteiger partial charge is 0.339 e. The van der Waals surface area contributed by atoms with Gasteiger partial charge in [0.2, 0.25) is 17.0 Å². The van der Waals surface area contributed by atoms with E-state index in [0.29, 0.717) is 39.9 Å². The number of halogens is 1. The van der Waals surface area contributed by atoms with Gasteiger partial charge in [0.15, 0.2) is 11.6 Å². The number of H-pyrrole nitrogens is 1. The average Bonchev–Trinajstić information content (AvgIpc) is 3.43. The van der Waals surface area contributed by atoms with Gasteiger partial charge in [0.25, 0.3) is 0 Å². The Balaban J connectivity index is 1.28. The molecule has 0 spiro atoms. The minimum Gasteiger partial charge on any atom is -0.339 e. The lowest BCUT2D eigenvalue weighted by Crippen LogP contribution is -2.14. The topological polar surface area (TPSA) is 110 Å². The Bertz CT molecular complexity index is 1260. The molecule has 0 unspecified atom stereocenters. The second kappa shape index (κ2) is 10.2. The molecule has 8 nitrogen and oxygen atoms in total. The number of nitrogens with one attached hydrogen (secondary N) is 2. The van der Waals surface area contributed by atoms with Crippen molar-refractivity contribution in [2.24, 2.45) is 0 Å². The van der Waals surface area contributed by atoms with Gasteiger partial charge in [-0.05, 0) is 44.0 Å². The van der Waals surface area contributed by atoms with Crippen LogP contribution in [0.2, 0.25) is 5.02 Å². The van der Waals surface area contributed by atoms with Crippen molar-refractivity contribution < 1.29 is 9.32 Å². The first kappa shape index (κ1) is 23.0. The zero-order valence-electron chi connectivity index (χ0n) is 18.5. The van der Waals surface area contributed by atoms with Crippen molar-refractivity contribution in [3.05, 3.63) is 69.8 Å². The molecule has 10 heteroatoms. The number of anilines is 1. The second-order valence-corrected chi connectivity index (χ2v) is 9.01. The lowest BCUT2D eigenvalue weighted by molar-refractivity contribution is -0.116. The molecule has 0 aliphatic rings. The summed E-state index contributed by atoms with van der Waals surface area (Å²) in [6.07, 6.45) is 0.619. The fraction of sp³-hybridized carbons (Fsp3) is 0.261. The van der Waals surface area contributed by atoms with Gasteiger partial charge in [0.05, 0.1) is 10.8 Å². The first-order valence-electron chi connectivity index (χ1n) is 10.4. The molecular formula is C23H23ClN6O2S. The molecule has 0 radical (unpaired) electrons. The molecule has 2 N–H and O–H groups in total. The first-order chi connectivity index (χ1) is 15.9. The Morgan fingerprint density at radius 2 is 1.91 bits per heavy atom. The first-order valence-corrected chi connectivity index (χ1v) is 11.7. The summed E-state index contributed by atoms with van der Waals surface area (Å²) in [6, 6.07) is 11.5. The van der Waals surface area contributed by atoms with Gasteiger partial charge < -0.3 is 9.84 Å². The Hall–Kier alpha value is -3.17. The molecule has 0 aliphatic carbocycles. The zero-order valence-corrected chi connectivity index (χ0v) is 20.0. The van der Waals surface area contributed by atoms with Crippen LogP contribution in [0.4, 0.5) is 5.69 Å². The smallest absolute Gasteiger partial charge is 0.227 e. The Morgan fingerprint density at radius 1 is 1.15 bits per heavy atom. The number of benzene rings is 2. The molecule has 170 valence electrons. The van der Waals surface area contributed by atoms with Crippen LogP contribution in [-0.4, -0.2) is 31.2 Å². The van der Waals surface area contributed by atoms with Crippen LogP contribution in [0.25, 0.3) is 11.4 Å². The van der Waals surface area contributed by atoms with Crippen molar-refractivity contribution in [1.82, 2.24) is 25.3 Å². The molecule has 4 rings (SSSR count). The van der Waals surface area contributed by atoms with E-state index in [1.54, 1.807) is 6.07 Å². The SMILES string of the molecule is Cc1cc(C)c(NC(=O)CCc2nc(CSc3n[nH]c(-c4ccccc4Cl)n3)no2)c(C)c1. The summed E-state index contributed by atoms with van der Waals surface area (Å²) in [4.78, 5) is 21.2. The molecule has 2 aromatic carbocycles. The van der Waals surface area contributed by atoms with E-state index in [0.717, 1.165) is 22.4 Å². The predicted molar refractivity (Wildman–Crippen MR) is 128 cm³/mol. The highest BCUT2D eigenvalue weighted by atomic mass is 35.5. The van der Waals surface area contributed by atoms with Gasteiger partial charge in [-0.25, -0.2) is 4.98 Å². The van der Waals surface area contributed by atoms with E-state index >= 15 is 0 Å². The maximum Gasteiger partial charge on any atom is 0.227 e. The normalized spacial score (nSPS) is 11.0. The quantitative estimate of drug-likeness (QED) is 0.328. The molecule has 4 aromatic rings. The zero-order chi connectivity index (χ0) is 23.4. The van der Waals surface area contributed by atoms with Crippen molar-refractivity contribution in [1.29, 1.82) is 0 Å². The van der Waals surface area contributed by atoms with Crippen LogP contribution in [0, 0.1) is 20.8 Å². The number of rotatable bonds is 8. The van der Waals surface area contributed by atoms with Gasteiger partial charge in [-0.1, -0.05) is 58.3 Å². The highest BCUT2D eigenvalue weighted by molar-refractivity contribution is 7.98. The number of carbonyl (C=O) groups excluding carboxylic acids is 1. The fourth-order valence-electron chi connectivity index (χ4n) is 3.46. The minimum absolute atomic E-state index is 0.0907. The van der Waals surface area contributed by atoms with E-state index in [4.69, 9.17) is 16.1 Å². The Kier molecular flexibility index (Phi) is 7.10. The third-order valence-electron chi connectivity index (χ3n) is 4.94. The summed E-state index contributed by atoms with van der Waals surface area (Å²) in [5.74, 6) is 1.89. The lowest BCUT2D eigenvalue weighted by Gasteiger charge is -2.12. The number of thioether (sulfide) groups is 1. The average molecular weight is 483 g/mol. The third-order valence-corrected chi connectivity index (χ3v) is 6.11. The molecule has 0 bridgehead atoms. The molecular weight excluding hydrogens is 460 g/mol. The molecule has 0 aliphatic heterocycles. The van der Waals surface area contributed by atoms with E-state index in [9.17, 15) is 4.79 Å². The van der Waals surface area contributed by atoms with Crippen LogP contribution >= 0.6 is 23.4 Å². The van der Waals surface area contributed by atoms with Gasteiger partial charge in [-0.15, -0.1) is 5.10 Å². The van der Waals surface area contributed by atoms with Crippen LogP contribution in [0.3, 0.4) is 0 Å². The second-order valence-electron chi connectivity index (χ2n) is 7.66. The fourth-order valence-corrected chi connectivity index (χ4v) is 4.33. The highest BCUT2D eigenvalue weighted by Gasteiger charge is 2.14. The van der Waals surface area contributed by atoms with Crippen molar-refractivity contribution in [3.63, 3.8) is 0 Å². The van der Waals surface area contributed by atoms with E-state index in [1.807, 2.05) is 39.0 Å². The number of hydrogen-bond acceptors (Lipinski definition) is 7. The van der Waals surface area contributed by atoms with Crippen molar-refractivity contribution in [3.8, 4) is 11.4 Å². The van der Waals surface area contributed by atoms with Crippen LogP contribution in [0.1, 0.15) is 34.8 Å². The van der Waals surface area contributed by atoms with Crippen LogP contribution in [0.5, 0.6) is 0 Å². The van der Waals surface area contributed by atoms with Crippen molar-refractivity contribution in [2.75, 3.05) is 5.32 Å². The molecule has 1 amide bonds. The van der Waals surface area contributed by atoms with Gasteiger partial charge in [-0.3, -0.25) is 9.89 Å². The van der Waals surface area contributed by atoms with E-state index in [1.165, 1.54) is 17.3 Å². The van der Waals surface area contributed by atoms with Crippen LogP contribution in [-0.2, 0) is 17.0 Å². The summed E-state index contributed by atoms with van der Waals surface area (Å²) < 4.78 is 5.29. The monoisotopic (exact) mass is 482 g/mol. The summed E-state index contributed by atoms with van der Waals surface area (Å²) in [5.41, 5.74) is 4.90. The third kappa shape index (κ3) is 5.80. The molecule has 33 heavy (non-hydrogen) atoms. The summed E-state index contributed by atoms with van der Waals surface area (Å²) in [5, 5.41) is 15.2. The van der Waals surface area contributed by atoms with Crippen molar-refractivity contribution >= 4 is 35.0 Å². The number of carbonyl (C=O) groups is 1. The summed E-state index contributed by atoms with van der Waals surface area (Å²) in [7, 11) is 0. The van der Waals surface area contributed by atoms with E-state index in [2.05, 4.69) is 42.8 Å². The van der Waals surface area contributed by atoms with Gasteiger partial charge in [0.1, 0.15) is 0 Å². The maximum atomic E-state index is 12.4. The Morgan fingerprint density at radius 3 is 2.67 bits per heavy atom. The molecule has 2 heterocycles. The number of amides is 1. The standard InChI is InChI=1S/C23H23ClN6O2S/c1-13-10-14(2)21(15(3)11-13)26-19(31)8-9-20-25-18(30-32-20)12-33-23-27-22(28-29-23)16-6-4-5-7-17(16)24/h4-7,10-11H,8-9,12H2,1-3H3,(H,26,31)(H,27,28,29). The lowest BCUT2D eigenvalue weighted by atomic mass is 10.0. The number of aromatic amines is 1. The molecule has 0 atom stereocenters. The minimum atomic E-state index is -0.0907. The highest BCUT2D eigenvalue weighted by Crippen LogP contribution is 2.27. The molecule has 2 aromatic heterocycles. The number of aromatic nitrogens is 5. The molecule has 0 saturated carbocycles. The predicted octanol–water partition coefficient (Wildman–Crippen LogP) is 5.30. The van der Waals surface area contributed by atoms with Gasteiger partial charge in [-0.2, -0.15) is 4.98 Å². The number of hydrogen-bond donors (Lipinski definition) is 2. The summed E-state index contributed by atoms with van der Waals surface area (Å²) >= 11 is 7.58. The van der Waals surface area contributed by atoms with E-state index in [-0.39, 0.29) is 12.3 Å².